The van der Waals surface area contributed by atoms with E-state index in [0.717, 1.165) is 24.9 Å². The smallest absolute Gasteiger partial charge is 0.337 e. The molecule has 2 aliphatic rings. The van der Waals surface area contributed by atoms with Crippen molar-refractivity contribution in [1.82, 2.24) is 15.5 Å². The highest BCUT2D eigenvalue weighted by atomic mass is 19.1. The fourth-order valence-corrected chi connectivity index (χ4v) is 3.36. The number of ether oxygens (including phenoxy) is 1. The van der Waals surface area contributed by atoms with Crippen LogP contribution in [0.2, 0.25) is 0 Å². The molecule has 0 spiro atoms. The van der Waals surface area contributed by atoms with Gasteiger partial charge in [-0.3, -0.25) is 4.90 Å². The Morgan fingerprint density at radius 3 is 2.84 bits per heavy atom. The first-order valence-corrected chi connectivity index (χ1v) is 8.52. The number of rotatable bonds is 5. The number of halogens is 1. The van der Waals surface area contributed by atoms with Crippen LogP contribution in [-0.4, -0.2) is 43.1 Å². The van der Waals surface area contributed by atoms with E-state index >= 15 is 0 Å². The lowest BCUT2D eigenvalue weighted by molar-refractivity contribution is -0.138. The largest absolute Gasteiger partial charge is 0.463 e. The number of hydrogen-bond donors (Lipinski definition) is 2. The first-order valence-electron chi connectivity index (χ1n) is 8.52. The second-order valence-electron chi connectivity index (χ2n) is 6.17. The van der Waals surface area contributed by atoms with Crippen LogP contribution in [0.15, 0.2) is 35.5 Å². The number of esters is 1. The normalized spacial score (nSPS) is 21.0. The summed E-state index contributed by atoms with van der Waals surface area (Å²) in [6.45, 7) is 3.49. The molecule has 0 aliphatic carbocycles. The van der Waals surface area contributed by atoms with E-state index in [2.05, 4.69) is 15.5 Å². The molecule has 2 heterocycles. The van der Waals surface area contributed by atoms with Crippen molar-refractivity contribution in [2.45, 2.75) is 25.8 Å². The van der Waals surface area contributed by atoms with Gasteiger partial charge < -0.3 is 15.4 Å². The number of hydrogen-bond acceptors (Lipinski definition) is 4. The van der Waals surface area contributed by atoms with E-state index < -0.39 is 5.97 Å². The molecule has 3 rings (SSSR count). The lowest BCUT2D eigenvalue weighted by Crippen LogP contribution is -2.46. The Hall–Kier alpha value is -2.41. The number of nitrogens with zero attached hydrogens (tertiary/aromatic N) is 1. The van der Waals surface area contributed by atoms with Crippen LogP contribution >= 0.6 is 0 Å². The number of urea groups is 1. The van der Waals surface area contributed by atoms with Crippen molar-refractivity contribution in [3.8, 4) is 0 Å². The van der Waals surface area contributed by atoms with Gasteiger partial charge in [0.05, 0.1) is 18.7 Å². The standard InChI is InChI=1S/C18H22FN3O3/c1-2-25-17(23)14-10-20-18(24)21-15(14)11-22-9-3-4-16(22)12-5-7-13(19)8-6-12/h5-8,16H,2-4,9-11H2,1H3,(H2,20,21,24)/t16-/m1/s1. The van der Waals surface area contributed by atoms with E-state index in [9.17, 15) is 14.0 Å². The SMILES string of the molecule is CCOC(=O)C1=C(CN2CCC[C@@H]2c2ccc(F)cc2)NC(=O)NC1. The van der Waals surface area contributed by atoms with Gasteiger partial charge in [0.15, 0.2) is 0 Å². The van der Waals surface area contributed by atoms with Gasteiger partial charge in [-0.2, -0.15) is 0 Å². The number of likely N-dealkylation sites (tertiary alicyclic amines) is 1. The van der Waals surface area contributed by atoms with Gasteiger partial charge in [0.2, 0.25) is 0 Å². The molecule has 6 nitrogen and oxygen atoms in total. The van der Waals surface area contributed by atoms with Crippen molar-refractivity contribution in [3.63, 3.8) is 0 Å². The molecular weight excluding hydrogens is 325 g/mol. The van der Waals surface area contributed by atoms with Gasteiger partial charge >= 0.3 is 12.0 Å². The molecule has 1 saturated heterocycles. The number of carbonyl (C=O) groups excluding carboxylic acids is 2. The van der Waals surface area contributed by atoms with Crippen molar-refractivity contribution in [2.24, 2.45) is 0 Å². The number of benzene rings is 1. The van der Waals surface area contributed by atoms with Crippen LogP contribution in [-0.2, 0) is 9.53 Å². The Labute approximate surface area is 146 Å². The fraction of sp³-hybridized carbons (Fsp3) is 0.444. The highest BCUT2D eigenvalue weighted by Crippen LogP contribution is 2.32. The zero-order chi connectivity index (χ0) is 17.8. The molecule has 25 heavy (non-hydrogen) atoms. The molecule has 0 aromatic heterocycles. The van der Waals surface area contributed by atoms with Crippen molar-refractivity contribution >= 4 is 12.0 Å². The highest BCUT2D eigenvalue weighted by Gasteiger charge is 2.30. The van der Waals surface area contributed by atoms with E-state index in [1.54, 1.807) is 19.1 Å². The third kappa shape index (κ3) is 3.99. The number of amides is 2. The molecule has 2 N–H and O–H groups in total. The minimum atomic E-state index is -0.414. The van der Waals surface area contributed by atoms with E-state index in [0.29, 0.717) is 17.8 Å². The van der Waals surface area contributed by atoms with Crippen LogP contribution in [0.25, 0.3) is 0 Å². The van der Waals surface area contributed by atoms with Gasteiger partial charge in [-0.15, -0.1) is 0 Å². The summed E-state index contributed by atoms with van der Waals surface area (Å²) in [6, 6.07) is 6.33. The molecular formula is C18H22FN3O3. The Kier molecular flexibility index (Phi) is 5.33. The quantitative estimate of drug-likeness (QED) is 0.800. The molecule has 1 aromatic carbocycles. The predicted molar refractivity (Wildman–Crippen MR) is 90.1 cm³/mol. The third-order valence-corrected chi connectivity index (χ3v) is 4.56. The minimum Gasteiger partial charge on any atom is -0.463 e. The first kappa shape index (κ1) is 17.4. The monoisotopic (exact) mass is 347 g/mol. The summed E-state index contributed by atoms with van der Waals surface area (Å²) in [5.74, 6) is -0.672. The average molecular weight is 347 g/mol. The Morgan fingerprint density at radius 1 is 1.36 bits per heavy atom. The van der Waals surface area contributed by atoms with Crippen LogP contribution in [0, 0.1) is 5.82 Å². The van der Waals surface area contributed by atoms with Crippen LogP contribution in [0.1, 0.15) is 31.4 Å². The molecule has 0 radical (unpaired) electrons. The number of nitrogens with one attached hydrogen (secondary N) is 2. The van der Waals surface area contributed by atoms with E-state index in [4.69, 9.17) is 4.74 Å². The maximum atomic E-state index is 13.2. The van der Waals surface area contributed by atoms with Gasteiger partial charge in [-0.05, 0) is 44.0 Å². The van der Waals surface area contributed by atoms with E-state index in [-0.39, 0.29) is 31.0 Å². The zero-order valence-corrected chi connectivity index (χ0v) is 14.2. The summed E-state index contributed by atoms with van der Waals surface area (Å²) in [5, 5.41) is 5.35. The third-order valence-electron chi connectivity index (χ3n) is 4.56. The van der Waals surface area contributed by atoms with Crippen LogP contribution in [0.4, 0.5) is 9.18 Å². The second-order valence-corrected chi connectivity index (χ2v) is 6.17. The summed E-state index contributed by atoms with van der Waals surface area (Å²) >= 11 is 0. The molecule has 0 saturated carbocycles. The minimum absolute atomic E-state index is 0.142. The van der Waals surface area contributed by atoms with Gasteiger partial charge in [0, 0.05) is 18.3 Å². The molecule has 0 bridgehead atoms. The van der Waals surface area contributed by atoms with E-state index in [1.807, 2.05) is 0 Å². The Balaban J connectivity index is 1.80. The fourth-order valence-electron chi connectivity index (χ4n) is 3.36. The summed E-state index contributed by atoms with van der Waals surface area (Å²) in [6.07, 6.45) is 1.97. The van der Waals surface area contributed by atoms with Gasteiger partial charge in [-0.25, -0.2) is 14.0 Å². The Morgan fingerprint density at radius 2 is 2.12 bits per heavy atom. The van der Waals surface area contributed by atoms with Crippen molar-refractivity contribution < 1.29 is 18.7 Å². The topological polar surface area (TPSA) is 70.7 Å². The van der Waals surface area contributed by atoms with Crippen molar-refractivity contribution in [1.29, 1.82) is 0 Å². The molecule has 1 aromatic rings. The lowest BCUT2D eigenvalue weighted by atomic mass is 10.0. The second kappa shape index (κ2) is 7.65. The first-order chi connectivity index (χ1) is 12.1. The molecule has 7 heteroatoms. The Bertz CT molecular complexity index is 687. The zero-order valence-electron chi connectivity index (χ0n) is 14.2. The van der Waals surface area contributed by atoms with Gasteiger partial charge in [0.25, 0.3) is 0 Å². The molecule has 1 atom stereocenters. The number of carbonyl (C=O) groups is 2. The summed E-state index contributed by atoms with van der Waals surface area (Å²) in [7, 11) is 0. The maximum Gasteiger partial charge on any atom is 0.337 e. The maximum absolute atomic E-state index is 13.2. The highest BCUT2D eigenvalue weighted by molar-refractivity contribution is 5.93. The van der Waals surface area contributed by atoms with Crippen LogP contribution in [0.5, 0.6) is 0 Å². The molecule has 134 valence electrons. The summed E-state index contributed by atoms with van der Waals surface area (Å²) in [4.78, 5) is 26.0. The van der Waals surface area contributed by atoms with Crippen molar-refractivity contribution in [3.05, 3.63) is 46.9 Å². The van der Waals surface area contributed by atoms with E-state index in [1.165, 1.54) is 12.1 Å². The molecule has 0 unspecified atom stereocenters. The van der Waals surface area contributed by atoms with Crippen LogP contribution in [0.3, 0.4) is 0 Å². The average Bonchev–Trinajstić information content (AvgIpc) is 3.04. The molecule has 1 fully saturated rings. The summed E-state index contributed by atoms with van der Waals surface area (Å²) < 4.78 is 18.3. The van der Waals surface area contributed by atoms with Crippen LogP contribution < -0.4 is 10.6 Å². The molecule has 2 amide bonds. The lowest BCUT2D eigenvalue weighted by Gasteiger charge is -2.29. The van der Waals surface area contributed by atoms with Gasteiger partial charge in [-0.1, -0.05) is 12.1 Å². The predicted octanol–water partition coefficient (Wildman–Crippen LogP) is 2.09. The van der Waals surface area contributed by atoms with Gasteiger partial charge in [0.1, 0.15) is 5.82 Å². The van der Waals surface area contributed by atoms with Crippen molar-refractivity contribution in [2.75, 3.05) is 26.2 Å². The molecule has 2 aliphatic heterocycles. The summed E-state index contributed by atoms with van der Waals surface area (Å²) in [5.41, 5.74) is 2.07.